The number of hydrogen-bond acceptors (Lipinski definition) is 3. The molecule has 0 atom stereocenters. The minimum absolute atomic E-state index is 0.273. The third-order valence-electron chi connectivity index (χ3n) is 2.95. The molecule has 2 rings (SSSR count). The van der Waals surface area contributed by atoms with Crippen LogP contribution in [0.2, 0.25) is 0 Å². The topological polar surface area (TPSA) is 62.1 Å². The van der Waals surface area contributed by atoms with E-state index < -0.39 is 0 Å². The van der Waals surface area contributed by atoms with Crippen molar-refractivity contribution in [2.45, 2.75) is 13.3 Å². The van der Waals surface area contributed by atoms with Crippen LogP contribution in [-0.4, -0.2) is 12.5 Å². The van der Waals surface area contributed by atoms with Crippen molar-refractivity contribution in [3.8, 4) is 11.8 Å². The van der Waals surface area contributed by atoms with Gasteiger partial charge in [-0.2, -0.15) is 5.26 Å². The lowest BCUT2D eigenvalue weighted by Gasteiger charge is -2.10. The molecule has 0 aliphatic rings. The van der Waals surface area contributed by atoms with Crippen LogP contribution in [0.5, 0.6) is 5.75 Å². The van der Waals surface area contributed by atoms with Crippen molar-refractivity contribution in [3.05, 3.63) is 58.1 Å². The summed E-state index contributed by atoms with van der Waals surface area (Å²) in [5.41, 5.74) is 1.42. The third kappa shape index (κ3) is 3.86. The minimum atomic E-state index is -0.273. The minimum Gasteiger partial charge on any atom is -0.492 e. The molecule has 0 saturated heterocycles. The van der Waals surface area contributed by atoms with Crippen LogP contribution in [-0.2, 0) is 0 Å². The fourth-order valence-electron chi connectivity index (χ4n) is 1.86. The molecule has 112 valence electrons. The number of nitrogens with zero attached hydrogens (tertiary/aromatic N) is 1. The Hall–Kier alpha value is -2.32. The van der Waals surface area contributed by atoms with E-state index in [-0.39, 0.29) is 5.91 Å². The van der Waals surface area contributed by atoms with Gasteiger partial charge < -0.3 is 10.1 Å². The van der Waals surface area contributed by atoms with Crippen LogP contribution in [0.3, 0.4) is 0 Å². The summed E-state index contributed by atoms with van der Waals surface area (Å²) in [5.74, 6) is 0.432. The molecule has 1 amide bonds. The summed E-state index contributed by atoms with van der Waals surface area (Å²) in [7, 11) is 0. The highest BCUT2D eigenvalue weighted by Crippen LogP contribution is 2.26. The number of hydrogen-bond donors (Lipinski definition) is 1. The van der Waals surface area contributed by atoms with E-state index in [9.17, 15) is 4.79 Å². The summed E-state index contributed by atoms with van der Waals surface area (Å²) < 4.78 is 6.28. The van der Waals surface area contributed by atoms with Crippen molar-refractivity contribution in [1.29, 1.82) is 5.26 Å². The SMILES string of the molecule is CCCOc1ccc(C(=O)Nc2ccccc2C#N)cc1Br. The van der Waals surface area contributed by atoms with Crippen molar-refractivity contribution in [3.63, 3.8) is 0 Å². The monoisotopic (exact) mass is 358 g/mol. The third-order valence-corrected chi connectivity index (χ3v) is 3.57. The fraction of sp³-hybridized carbons (Fsp3) is 0.176. The van der Waals surface area contributed by atoms with Gasteiger partial charge in [-0.25, -0.2) is 0 Å². The molecule has 0 heterocycles. The smallest absolute Gasteiger partial charge is 0.255 e. The lowest BCUT2D eigenvalue weighted by atomic mass is 10.1. The number of carbonyl (C=O) groups is 1. The van der Waals surface area contributed by atoms with E-state index in [1.807, 2.05) is 6.92 Å². The molecule has 0 spiro atoms. The Morgan fingerprint density at radius 1 is 1.32 bits per heavy atom. The standard InChI is InChI=1S/C17H15BrN2O2/c1-2-9-22-16-8-7-12(10-14(16)18)17(21)20-15-6-4-3-5-13(15)11-19/h3-8,10H,2,9H2,1H3,(H,20,21). The van der Waals surface area contributed by atoms with Gasteiger partial charge in [-0.3, -0.25) is 4.79 Å². The van der Waals surface area contributed by atoms with Crippen LogP contribution in [0.25, 0.3) is 0 Å². The lowest BCUT2D eigenvalue weighted by molar-refractivity contribution is 0.102. The van der Waals surface area contributed by atoms with Gasteiger partial charge in [-0.1, -0.05) is 19.1 Å². The van der Waals surface area contributed by atoms with Gasteiger partial charge in [0.15, 0.2) is 0 Å². The van der Waals surface area contributed by atoms with E-state index in [4.69, 9.17) is 10.00 Å². The second-order valence-corrected chi connectivity index (χ2v) is 5.46. The Labute approximate surface area is 137 Å². The molecule has 0 saturated carbocycles. The maximum atomic E-state index is 12.3. The fourth-order valence-corrected chi connectivity index (χ4v) is 2.35. The van der Waals surface area contributed by atoms with E-state index in [1.165, 1.54) is 0 Å². The molecule has 5 heteroatoms. The number of para-hydroxylation sites is 1. The first-order chi connectivity index (χ1) is 10.7. The first kappa shape index (κ1) is 16.1. The average molecular weight is 359 g/mol. The highest BCUT2D eigenvalue weighted by molar-refractivity contribution is 9.10. The number of anilines is 1. The van der Waals surface area contributed by atoms with Crippen LogP contribution in [0.4, 0.5) is 5.69 Å². The maximum absolute atomic E-state index is 12.3. The van der Waals surface area contributed by atoms with Gasteiger partial charge in [-0.15, -0.1) is 0 Å². The van der Waals surface area contributed by atoms with Gasteiger partial charge in [0, 0.05) is 5.56 Å². The van der Waals surface area contributed by atoms with Crippen molar-refractivity contribution in [1.82, 2.24) is 0 Å². The molecule has 1 N–H and O–H groups in total. The number of nitrogens with one attached hydrogen (secondary N) is 1. The highest BCUT2D eigenvalue weighted by Gasteiger charge is 2.11. The van der Waals surface area contributed by atoms with E-state index >= 15 is 0 Å². The van der Waals surface area contributed by atoms with Crippen LogP contribution in [0, 0.1) is 11.3 Å². The first-order valence-corrected chi connectivity index (χ1v) is 7.68. The highest BCUT2D eigenvalue weighted by atomic mass is 79.9. The summed E-state index contributed by atoms with van der Waals surface area (Å²) in [5, 5.41) is 11.8. The molecule has 2 aromatic rings. The molecule has 0 aliphatic heterocycles. The number of nitriles is 1. The molecular weight excluding hydrogens is 344 g/mol. The Kier molecular flexibility index (Phi) is 5.56. The molecule has 0 aromatic heterocycles. The summed E-state index contributed by atoms with van der Waals surface area (Å²) in [6.07, 6.45) is 0.916. The van der Waals surface area contributed by atoms with Crippen LogP contribution >= 0.6 is 15.9 Å². The summed E-state index contributed by atoms with van der Waals surface area (Å²) >= 11 is 3.40. The van der Waals surface area contributed by atoms with Gasteiger partial charge in [0.25, 0.3) is 5.91 Å². The van der Waals surface area contributed by atoms with Gasteiger partial charge in [-0.05, 0) is 52.7 Å². The van der Waals surface area contributed by atoms with Crippen molar-refractivity contribution >= 4 is 27.5 Å². The number of amides is 1. The zero-order chi connectivity index (χ0) is 15.9. The van der Waals surface area contributed by atoms with Crippen molar-refractivity contribution in [2.75, 3.05) is 11.9 Å². The normalized spacial score (nSPS) is 9.86. The van der Waals surface area contributed by atoms with Crippen LogP contribution in [0.1, 0.15) is 29.3 Å². The number of benzene rings is 2. The van der Waals surface area contributed by atoms with Gasteiger partial charge in [0.05, 0.1) is 22.3 Å². The largest absolute Gasteiger partial charge is 0.492 e. The number of rotatable bonds is 5. The molecule has 2 aromatic carbocycles. The molecule has 0 radical (unpaired) electrons. The summed E-state index contributed by atoms with van der Waals surface area (Å²) in [6.45, 7) is 2.65. The Balaban J connectivity index is 2.16. The van der Waals surface area contributed by atoms with E-state index in [1.54, 1.807) is 42.5 Å². The van der Waals surface area contributed by atoms with Crippen LogP contribution in [0.15, 0.2) is 46.9 Å². The van der Waals surface area contributed by atoms with Gasteiger partial charge in [0.2, 0.25) is 0 Å². The molecule has 22 heavy (non-hydrogen) atoms. The van der Waals surface area contributed by atoms with Crippen molar-refractivity contribution < 1.29 is 9.53 Å². The zero-order valence-electron chi connectivity index (χ0n) is 12.1. The first-order valence-electron chi connectivity index (χ1n) is 6.88. The lowest BCUT2D eigenvalue weighted by Crippen LogP contribution is -2.13. The Morgan fingerprint density at radius 3 is 2.77 bits per heavy atom. The molecule has 0 bridgehead atoms. The Morgan fingerprint density at radius 2 is 2.09 bits per heavy atom. The average Bonchev–Trinajstić information content (AvgIpc) is 2.54. The molecule has 0 unspecified atom stereocenters. The van der Waals surface area contributed by atoms with E-state index in [0.717, 1.165) is 10.9 Å². The number of halogens is 1. The molecule has 4 nitrogen and oxygen atoms in total. The Bertz CT molecular complexity index is 723. The summed E-state index contributed by atoms with van der Waals surface area (Å²) in [6, 6.07) is 14.1. The maximum Gasteiger partial charge on any atom is 0.255 e. The zero-order valence-corrected chi connectivity index (χ0v) is 13.7. The molecule has 0 aliphatic carbocycles. The van der Waals surface area contributed by atoms with E-state index in [0.29, 0.717) is 29.2 Å². The van der Waals surface area contributed by atoms with Gasteiger partial charge >= 0.3 is 0 Å². The predicted octanol–water partition coefficient (Wildman–Crippen LogP) is 4.36. The van der Waals surface area contributed by atoms with Crippen LogP contribution < -0.4 is 10.1 Å². The second kappa shape index (κ2) is 7.62. The quantitative estimate of drug-likeness (QED) is 0.863. The summed E-state index contributed by atoms with van der Waals surface area (Å²) in [4.78, 5) is 12.3. The molecule has 0 fully saturated rings. The molecular formula is C17H15BrN2O2. The van der Waals surface area contributed by atoms with Crippen molar-refractivity contribution in [2.24, 2.45) is 0 Å². The predicted molar refractivity (Wildman–Crippen MR) is 89.0 cm³/mol. The number of carbonyl (C=O) groups excluding carboxylic acids is 1. The van der Waals surface area contributed by atoms with E-state index in [2.05, 4.69) is 27.3 Å². The van der Waals surface area contributed by atoms with Gasteiger partial charge in [0.1, 0.15) is 11.8 Å². The number of ether oxygens (including phenoxy) is 1. The second-order valence-electron chi connectivity index (χ2n) is 4.61.